The summed E-state index contributed by atoms with van der Waals surface area (Å²) in [7, 11) is 0. The van der Waals surface area contributed by atoms with Gasteiger partial charge in [0, 0.05) is 10.6 Å². The molecule has 0 radical (unpaired) electrons. The Morgan fingerprint density at radius 2 is 2.05 bits per heavy atom. The lowest BCUT2D eigenvalue weighted by molar-refractivity contribution is 0.437. The lowest BCUT2D eigenvalue weighted by Crippen LogP contribution is -1.89. The average molecular weight is 404 g/mol. The molecular weight excluding hydrogens is 395 g/mol. The molecule has 1 aromatic carbocycles. The highest BCUT2D eigenvalue weighted by Crippen LogP contribution is 2.44. The number of hydrogen-bond acceptors (Lipinski definition) is 4. The summed E-state index contributed by atoms with van der Waals surface area (Å²) in [6, 6.07) is 7.26. The number of nitrogens with two attached hydrogens (primary N) is 1. The van der Waals surface area contributed by atoms with Crippen molar-refractivity contribution in [1.29, 1.82) is 0 Å². The summed E-state index contributed by atoms with van der Waals surface area (Å²) < 4.78 is 6.45. The van der Waals surface area contributed by atoms with Crippen molar-refractivity contribution < 1.29 is 4.52 Å². The molecule has 0 spiro atoms. The largest absolute Gasteiger partial charge is 0.380 e. The van der Waals surface area contributed by atoms with Crippen molar-refractivity contribution in [1.82, 2.24) is 5.16 Å². The van der Waals surface area contributed by atoms with Crippen LogP contribution in [-0.2, 0) is 0 Å². The van der Waals surface area contributed by atoms with Gasteiger partial charge in [0.1, 0.15) is 0 Å². The third kappa shape index (κ3) is 2.71. The molecule has 0 atom stereocenters. The quantitative estimate of drug-likeness (QED) is 0.568. The van der Waals surface area contributed by atoms with E-state index in [4.69, 9.17) is 33.5 Å². The normalized spacial score (nSPS) is 11.0. The smallest absolute Gasteiger partial charge is 0.186 e. The number of anilines is 1. The zero-order valence-electron chi connectivity index (χ0n) is 10.8. The number of nitrogen functional groups attached to an aromatic ring is 1. The standard InChI is InChI=1S/C14H9BrCl2N2OS/c1-6-4-10(21-13(6)15)12-11(14(18)19-20-12)8-3-2-7(16)5-9(8)17/h2-5H,1H3,(H2,18,19). The summed E-state index contributed by atoms with van der Waals surface area (Å²) in [4.78, 5) is 0.935. The van der Waals surface area contributed by atoms with Gasteiger partial charge in [0.2, 0.25) is 0 Å². The van der Waals surface area contributed by atoms with Crippen LogP contribution in [0.5, 0.6) is 0 Å². The molecule has 3 nitrogen and oxygen atoms in total. The minimum absolute atomic E-state index is 0.302. The van der Waals surface area contributed by atoms with Crippen LogP contribution in [0.2, 0.25) is 10.0 Å². The number of aryl methyl sites for hydroxylation is 1. The highest BCUT2D eigenvalue weighted by Gasteiger charge is 2.21. The van der Waals surface area contributed by atoms with E-state index in [1.807, 2.05) is 19.1 Å². The number of benzene rings is 1. The zero-order chi connectivity index (χ0) is 15.1. The molecule has 0 bridgehead atoms. The molecule has 2 aromatic heterocycles. The summed E-state index contributed by atoms with van der Waals surface area (Å²) >= 11 is 17.3. The molecule has 0 aliphatic rings. The molecule has 21 heavy (non-hydrogen) atoms. The second-order valence-electron chi connectivity index (χ2n) is 4.46. The second-order valence-corrected chi connectivity index (χ2v) is 7.68. The predicted octanol–water partition coefficient (Wildman–Crippen LogP) is 6.03. The molecule has 0 saturated carbocycles. The number of halogens is 3. The van der Waals surface area contributed by atoms with E-state index in [1.165, 1.54) is 0 Å². The molecule has 0 aliphatic carbocycles. The van der Waals surface area contributed by atoms with E-state index in [2.05, 4.69) is 21.1 Å². The fraction of sp³-hybridized carbons (Fsp3) is 0.0714. The lowest BCUT2D eigenvalue weighted by atomic mass is 10.0. The molecule has 2 heterocycles. The van der Waals surface area contributed by atoms with E-state index in [0.717, 1.165) is 19.8 Å². The molecule has 108 valence electrons. The van der Waals surface area contributed by atoms with Crippen LogP contribution in [0.15, 0.2) is 32.6 Å². The topological polar surface area (TPSA) is 52.0 Å². The highest BCUT2D eigenvalue weighted by molar-refractivity contribution is 9.11. The number of aromatic nitrogens is 1. The minimum atomic E-state index is 0.302. The van der Waals surface area contributed by atoms with E-state index in [0.29, 0.717) is 27.2 Å². The SMILES string of the molecule is Cc1cc(-c2onc(N)c2-c2ccc(Cl)cc2Cl)sc1Br. The van der Waals surface area contributed by atoms with Crippen molar-refractivity contribution in [3.8, 4) is 21.8 Å². The fourth-order valence-corrected chi connectivity index (χ4v) is 4.02. The Balaban J connectivity index is 2.21. The van der Waals surface area contributed by atoms with Gasteiger partial charge in [0.15, 0.2) is 11.6 Å². The van der Waals surface area contributed by atoms with Crippen LogP contribution in [0.3, 0.4) is 0 Å². The van der Waals surface area contributed by atoms with Gasteiger partial charge in [-0.1, -0.05) is 34.4 Å². The van der Waals surface area contributed by atoms with Crippen molar-refractivity contribution in [3.05, 3.63) is 43.7 Å². The molecule has 0 fully saturated rings. The van der Waals surface area contributed by atoms with Gasteiger partial charge in [0.05, 0.1) is 19.2 Å². The molecule has 7 heteroatoms. The number of rotatable bonds is 2. The zero-order valence-corrected chi connectivity index (χ0v) is 14.7. The molecule has 0 unspecified atom stereocenters. The third-order valence-corrected chi connectivity index (χ3v) is 5.68. The Labute approximate surface area is 143 Å². The van der Waals surface area contributed by atoms with Gasteiger partial charge in [-0.2, -0.15) is 0 Å². The average Bonchev–Trinajstić information content (AvgIpc) is 2.94. The fourth-order valence-electron chi connectivity index (χ4n) is 1.99. The summed E-state index contributed by atoms with van der Waals surface area (Å²) in [5, 5.41) is 4.94. The van der Waals surface area contributed by atoms with Crippen LogP contribution >= 0.6 is 50.5 Å². The van der Waals surface area contributed by atoms with E-state index < -0.39 is 0 Å². The Hall–Kier alpha value is -1.01. The van der Waals surface area contributed by atoms with Crippen molar-refractivity contribution >= 4 is 56.3 Å². The Morgan fingerprint density at radius 3 is 2.67 bits per heavy atom. The van der Waals surface area contributed by atoms with Crippen LogP contribution in [0, 0.1) is 6.92 Å². The summed E-state index contributed by atoms with van der Waals surface area (Å²) in [6.45, 7) is 2.01. The molecule has 2 N–H and O–H groups in total. The Morgan fingerprint density at radius 1 is 1.29 bits per heavy atom. The first-order chi connectivity index (χ1) is 9.97. The number of thiophene rings is 1. The highest BCUT2D eigenvalue weighted by atomic mass is 79.9. The summed E-state index contributed by atoms with van der Waals surface area (Å²) in [6.07, 6.45) is 0. The van der Waals surface area contributed by atoms with Crippen molar-refractivity contribution in [2.24, 2.45) is 0 Å². The molecule has 0 amide bonds. The lowest BCUT2D eigenvalue weighted by Gasteiger charge is -2.04. The van der Waals surface area contributed by atoms with Gasteiger partial charge in [0.25, 0.3) is 0 Å². The molecule has 3 rings (SSSR count). The predicted molar refractivity (Wildman–Crippen MR) is 92.1 cm³/mol. The number of nitrogens with zero attached hydrogens (tertiary/aromatic N) is 1. The van der Waals surface area contributed by atoms with Crippen LogP contribution in [-0.4, -0.2) is 5.16 Å². The molecule has 0 aliphatic heterocycles. The maximum absolute atomic E-state index is 6.27. The minimum Gasteiger partial charge on any atom is -0.380 e. The molecule has 0 saturated heterocycles. The molecular formula is C14H9BrCl2N2OS. The monoisotopic (exact) mass is 402 g/mol. The van der Waals surface area contributed by atoms with Gasteiger partial charge >= 0.3 is 0 Å². The van der Waals surface area contributed by atoms with E-state index >= 15 is 0 Å². The first kappa shape index (κ1) is 14.9. The Kier molecular flexibility index (Phi) is 4.01. The van der Waals surface area contributed by atoms with Crippen LogP contribution in [0.25, 0.3) is 21.8 Å². The third-order valence-electron chi connectivity index (χ3n) is 3.00. The second kappa shape index (κ2) is 5.65. The maximum Gasteiger partial charge on any atom is 0.186 e. The Bertz CT molecular complexity index is 809. The summed E-state index contributed by atoms with van der Waals surface area (Å²) in [5.41, 5.74) is 8.52. The first-order valence-corrected chi connectivity index (χ1v) is 8.30. The van der Waals surface area contributed by atoms with Crippen molar-refractivity contribution in [2.75, 3.05) is 5.73 Å². The summed E-state index contributed by atoms with van der Waals surface area (Å²) in [5.74, 6) is 0.909. The number of hydrogen-bond donors (Lipinski definition) is 1. The molecule has 3 aromatic rings. The van der Waals surface area contributed by atoms with Crippen LogP contribution < -0.4 is 5.73 Å². The van der Waals surface area contributed by atoms with Crippen LogP contribution in [0.1, 0.15) is 5.56 Å². The van der Waals surface area contributed by atoms with Crippen molar-refractivity contribution in [3.63, 3.8) is 0 Å². The van der Waals surface area contributed by atoms with Crippen molar-refractivity contribution in [2.45, 2.75) is 6.92 Å². The van der Waals surface area contributed by atoms with Gasteiger partial charge in [-0.15, -0.1) is 11.3 Å². The first-order valence-electron chi connectivity index (χ1n) is 5.94. The van der Waals surface area contributed by atoms with Gasteiger partial charge in [-0.05, 0) is 46.6 Å². The van der Waals surface area contributed by atoms with Gasteiger partial charge in [-0.3, -0.25) is 0 Å². The van der Waals surface area contributed by atoms with E-state index in [9.17, 15) is 0 Å². The van der Waals surface area contributed by atoms with Gasteiger partial charge < -0.3 is 10.3 Å². The van der Waals surface area contributed by atoms with E-state index in [1.54, 1.807) is 23.5 Å². The van der Waals surface area contributed by atoms with Gasteiger partial charge in [-0.25, -0.2) is 0 Å². The van der Waals surface area contributed by atoms with E-state index in [-0.39, 0.29) is 0 Å². The van der Waals surface area contributed by atoms with Crippen LogP contribution in [0.4, 0.5) is 5.82 Å². The maximum atomic E-state index is 6.27.